The van der Waals surface area contributed by atoms with Gasteiger partial charge in [0.25, 0.3) is 0 Å². The van der Waals surface area contributed by atoms with Crippen molar-refractivity contribution in [2.45, 2.75) is 39.4 Å². The molecule has 0 bridgehead atoms. The van der Waals surface area contributed by atoms with Crippen LogP contribution in [0.2, 0.25) is 0 Å². The minimum atomic E-state index is -0.751. The quantitative estimate of drug-likeness (QED) is 0.768. The summed E-state index contributed by atoms with van der Waals surface area (Å²) in [6.45, 7) is 7.48. The Morgan fingerprint density at radius 2 is 2.00 bits per heavy atom. The molecule has 0 aliphatic carbocycles. The van der Waals surface area contributed by atoms with Crippen LogP contribution in [0.15, 0.2) is 18.2 Å². The highest BCUT2D eigenvalue weighted by molar-refractivity contribution is 6.07. The highest BCUT2D eigenvalue weighted by atomic mass is 16.5. The van der Waals surface area contributed by atoms with Gasteiger partial charge in [-0.2, -0.15) is 0 Å². The minimum absolute atomic E-state index is 0.0265. The van der Waals surface area contributed by atoms with Crippen molar-refractivity contribution in [3.63, 3.8) is 0 Å². The first-order valence-electron chi connectivity index (χ1n) is 5.44. The van der Waals surface area contributed by atoms with Crippen LogP contribution in [-0.4, -0.2) is 17.5 Å². The molecule has 16 heavy (non-hydrogen) atoms. The lowest BCUT2D eigenvalue weighted by Gasteiger charge is -2.15. The van der Waals surface area contributed by atoms with Crippen molar-refractivity contribution in [2.75, 3.05) is 0 Å². The lowest BCUT2D eigenvalue weighted by Crippen LogP contribution is -2.31. The van der Waals surface area contributed by atoms with Gasteiger partial charge in [0.15, 0.2) is 5.60 Å². The number of hydrogen-bond acceptors (Lipinski definition) is 3. The van der Waals surface area contributed by atoms with E-state index in [0.29, 0.717) is 11.3 Å². The number of benzene rings is 1. The van der Waals surface area contributed by atoms with Gasteiger partial charge in [0, 0.05) is 6.07 Å². The maximum Gasteiger partial charge on any atom is 0.209 e. The van der Waals surface area contributed by atoms with Crippen molar-refractivity contribution in [3.8, 4) is 11.5 Å². The SMILES string of the molecule is CC(C)Oc1ccc2c(c1)OC(C)(C)C2=O. The fraction of sp³-hybridized carbons (Fsp3) is 0.462. The summed E-state index contributed by atoms with van der Waals surface area (Å²) in [5.74, 6) is 1.38. The van der Waals surface area contributed by atoms with E-state index in [1.54, 1.807) is 26.0 Å². The summed E-state index contributed by atoms with van der Waals surface area (Å²) in [5, 5.41) is 0. The van der Waals surface area contributed by atoms with E-state index >= 15 is 0 Å². The van der Waals surface area contributed by atoms with E-state index in [1.165, 1.54) is 0 Å². The minimum Gasteiger partial charge on any atom is -0.491 e. The third kappa shape index (κ3) is 1.77. The average Bonchev–Trinajstić information content (AvgIpc) is 2.36. The van der Waals surface area contributed by atoms with Gasteiger partial charge in [0.05, 0.1) is 11.7 Å². The first-order chi connectivity index (χ1) is 7.40. The van der Waals surface area contributed by atoms with Gasteiger partial charge in [0.2, 0.25) is 5.78 Å². The largest absolute Gasteiger partial charge is 0.491 e. The summed E-state index contributed by atoms with van der Waals surface area (Å²) in [6.07, 6.45) is 0.114. The molecule has 0 spiro atoms. The van der Waals surface area contributed by atoms with Crippen LogP contribution in [0.25, 0.3) is 0 Å². The number of rotatable bonds is 2. The second-order valence-corrected chi connectivity index (χ2v) is 4.77. The summed E-state index contributed by atoms with van der Waals surface area (Å²) in [7, 11) is 0. The van der Waals surface area contributed by atoms with Crippen molar-refractivity contribution in [1.29, 1.82) is 0 Å². The standard InChI is InChI=1S/C13H16O3/c1-8(2)15-9-5-6-10-11(7-9)16-13(3,4)12(10)14/h5-8H,1-4H3. The van der Waals surface area contributed by atoms with Crippen LogP contribution in [0.5, 0.6) is 11.5 Å². The number of Topliss-reactive ketones (excluding diaryl/α,β-unsaturated/α-hetero) is 1. The summed E-state index contributed by atoms with van der Waals surface area (Å²) in [4.78, 5) is 11.9. The molecular formula is C13H16O3. The molecule has 0 amide bonds. The average molecular weight is 220 g/mol. The lowest BCUT2D eigenvalue weighted by molar-refractivity contribution is 0.0683. The summed E-state index contributed by atoms with van der Waals surface area (Å²) >= 11 is 0. The van der Waals surface area contributed by atoms with Crippen LogP contribution in [0.1, 0.15) is 38.1 Å². The lowest BCUT2D eigenvalue weighted by atomic mass is 10.00. The molecule has 1 aliphatic heterocycles. The molecule has 1 aliphatic rings. The van der Waals surface area contributed by atoms with Gasteiger partial charge in [0.1, 0.15) is 11.5 Å². The summed E-state index contributed by atoms with van der Waals surface area (Å²) in [5.41, 5.74) is -0.111. The van der Waals surface area contributed by atoms with Gasteiger partial charge in [-0.3, -0.25) is 4.79 Å². The maximum atomic E-state index is 11.9. The Kier molecular flexibility index (Phi) is 2.41. The van der Waals surface area contributed by atoms with Crippen LogP contribution in [0.3, 0.4) is 0 Å². The number of hydrogen-bond donors (Lipinski definition) is 0. The predicted octanol–water partition coefficient (Wildman–Crippen LogP) is 2.83. The predicted molar refractivity (Wildman–Crippen MR) is 61.2 cm³/mol. The first-order valence-corrected chi connectivity index (χ1v) is 5.44. The van der Waals surface area contributed by atoms with E-state index in [4.69, 9.17) is 9.47 Å². The van der Waals surface area contributed by atoms with E-state index in [2.05, 4.69) is 0 Å². The van der Waals surface area contributed by atoms with E-state index in [0.717, 1.165) is 5.75 Å². The molecular weight excluding hydrogens is 204 g/mol. The van der Waals surface area contributed by atoms with Crippen LogP contribution < -0.4 is 9.47 Å². The Morgan fingerprint density at radius 3 is 2.62 bits per heavy atom. The van der Waals surface area contributed by atoms with Gasteiger partial charge in [-0.05, 0) is 39.8 Å². The third-order valence-electron chi connectivity index (χ3n) is 2.48. The smallest absolute Gasteiger partial charge is 0.209 e. The number of ketones is 1. The topological polar surface area (TPSA) is 35.5 Å². The monoisotopic (exact) mass is 220 g/mol. The van der Waals surface area contributed by atoms with Crippen molar-refractivity contribution in [2.24, 2.45) is 0 Å². The summed E-state index contributed by atoms with van der Waals surface area (Å²) < 4.78 is 11.2. The Morgan fingerprint density at radius 1 is 1.31 bits per heavy atom. The van der Waals surface area contributed by atoms with Crippen molar-refractivity contribution < 1.29 is 14.3 Å². The molecule has 86 valence electrons. The molecule has 0 N–H and O–H groups in total. The van der Waals surface area contributed by atoms with Crippen molar-refractivity contribution in [3.05, 3.63) is 23.8 Å². The number of ether oxygens (including phenoxy) is 2. The fourth-order valence-electron chi connectivity index (χ4n) is 1.77. The van der Waals surface area contributed by atoms with Crippen molar-refractivity contribution >= 4 is 5.78 Å². The Bertz CT molecular complexity index is 433. The van der Waals surface area contributed by atoms with Gasteiger partial charge >= 0.3 is 0 Å². The number of carbonyl (C=O) groups is 1. The van der Waals surface area contributed by atoms with Crippen LogP contribution in [0, 0.1) is 0 Å². The normalized spacial score (nSPS) is 17.2. The molecule has 0 aromatic heterocycles. The molecule has 0 unspecified atom stereocenters. The first kappa shape index (κ1) is 11.0. The number of carbonyl (C=O) groups excluding carboxylic acids is 1. The highest BCUT2D eigenvalue weighted by Crippen LogP contribution is 2.37. The number of fused-ring (bicyclic) bond motifs is 1. The van der Waals surface area contributed by atoms with Crippen molar-refractivity contribution in [1.82, 2.24) is 0 Å². The second kappa shape index (κ2) is 3.51. The molecule has 0 fully saturated rings. The Labute approximate surface area is 95.4 Å². The molecule has 0 saturated heterocycles. The zero-order chi connectivity index (χ0) is 11.9. The molecule has 3 nitrogen and oxygen atoms in total. The van der Waals surface area contributed by atoms with Gasteiger partial charge in [-0.1, -0.05) is 0 Å². The maximum absolute atomic E-state index is 11.9. The molecule has 2 rings (SSSR count). The molecule has 0 radical (unpaired) electrons. The Hall–Kier alpha value is -1.51. The van der Waals surface area contributed by atoms with E-state index in [9.17, 15) is 4.79 Å². The fourth-order valence-corrected chi connectivity index (χ4v) is 1.77. The molecule has 0 atom stereocenters. The Balaban J connectivity index is 2.34. The van der Waals surface area contributed by atoms with E-state index in [1.807, 2.05) is 19.9 Å². The van der Waals surface area contributed by atoms with Crippen LogP contribution in [-0.2, 0) is 0 Å². The van der Waals surface area contributed by atoms with Gasteiger partial charge < -0.3 is 9.47 Å². The molecule has 1 aromatic rings. The van der Waals surface area contributed by atoms with E-state index < -0.39 is 5.60 Å². The zero-order valence-electron chi connectivity index (χ0n) is 10.0. The molecule has 0 saturated carbocycles. The molecule has 1 aromatic carbocycles. The van der Waals surface area contributed by atoms with Gasteiger partial charge in [-0.25, -0.2) is 0 Å². The molecule has 1 heterocycles. The highest BCUT2D eigenvalue weighted by Gasteiger charge is 2.39. The second-order valence-electron chi connectivity index (χ2n) is 4.77. The van der Waals surface area contributed by atoms with Crippen LogP contribution in [0.4, 0.5) is 0 Å². The van der Waals surface area contributed by atoms with E-state index in [-0.39, 0.29) is 11.9 Å². The zero-order valence-corrected chi connectivity index (χ0v) is 10.0. The van der Waals surface area contributed by atoms with Gasteiger partial charge in [-0.15, -0.1) is 0 Å². The summed E-state index contributed by atoms with van der Waals surface area (Å²) in [6, 6.07) is 5.35. The molecule has 3 heteroatoms. The third-order valence-corrected chi connectivity index (χ3v) is 2.48. The van der Waals surface area contributed by atoms with Crippen LogP contribution >= 0.6 is 0 Å².